The highest BCUT2D eigenvalue weighted by atomic mass is 16.5. The second-order valence-electron chi connectivity index (χ2n) is 4.31. The lowest BCUT2D eigenvalue weighted by Gasteiger charge is -2.09. The van der Waals surface area contributed by atoms with E-state index in [9.17, 15) is 5.11 Å². The summed E-state index contributed by atoms with van der Waals surface area (Å²) in [6.45, 7) is 5.34. The van der Waals surface area contributed by atoms with Gasteiger partial charge >= 0.3 is 0 Å². The smallest absolute Gasteiger partial charge is 0.161 e. The van der Waals surface area contributed by atoms with Gasteiger partial charge in [0.1, 0.15) is 5.82 Å². The monoisotopic (exact) mass is 273 g/mol. The number of anilines is 1. The van der Waals surface area contributed by atoms with Crippen LogP contribution in [0.5, 0.6) is 11.5 Å². The first-order valence-corrected chi connectivity index (χ1v) is 6.77. The van der Waals surface area contributed by atoms with Crippen molar-refractivity contribution in [1.29, 1.82) is 0 Å². The van der Waals surface area contributed by atoms with E-state index in [0.29, 0.717) is 18.2 Å². The summed E-state index contributed by atoms with van der Waals surface area (Å²) in [5, 5.41) is 12.9. The molecule has 2 aromatic rings. The van der Waals surface area contributed by atoms with Crippen LogP contribution >= 0.6 is 0 Å². The highest BCUT2D eigenvalue weighted by Crippen LogP contribution is 2.30. The fourth-order valence-corrected chi connectivity index (χ4v) is 1.77. The van der Waals surface area contributed by atoms with Gasteiger partial charge in [0.2, 0.25) is 0 Å². The summed E-state index contributed by atoms with van der Waals surface area (Å²) >= 11 is 0. The molecule has 0 radical (unpaired) electrons. The molecule has 0 saturated heterocycles. The molecule has 2 N–H and O–H groups in total. The maximum atomic E-state index is 9.71. The first kappa shape index (κ1) is 14.1. The average Bonchev–Trinajstić information content (AvgIpc) is 2.48. The molecule has 0 spiro atoms. The van der Waals surface area contributed by atoms with Gasteiger partial charge in [-0.2, -0.15) is 0 Å². The van der Waals surface area contributed by atoms with Crippen LogP contribution in [0, 0.1) is 0 Å². The molecule has 1 aromatic carbocycles. The van der Waals surface area contributed by atoms with Gasteiger partial charge in [0, 0.05) is 18.3 Å². The molecule has 0 aliphatic carbocycles. The third kappa shape index (κ3) is 3.38. The Labute approximate surface area is 118 Å². The Bertz CT molecular complexity index is 573. The van der Waals surface area contributed by atoms with Crippen LogP contribution in [-0.4, -0.2) is 28.2 Å². The van der Waals surface area contributed by atoms with Crippen molar-refractivity contribution in [2.24, 2.45) is 0 Å². The van der Waals surface area contributed by atoms with E-state index in [2.05, 4.69) is 22.2 Å². The van der Waals surface area contributed by atoms with Crippen molar-refractivity contribution in [3.05, 3.63) is 30.5 Å². The SMILES string of the molecule is CCCNc1ccnc(-c2ccc(O)c(OCC)c2)n1. The Balaban J connectivity index is 2.28. The van der Waals surface area contributed by atoms with E-state index in [-0.39, 0.29) is 5.75 Å². The van der Waals surface area contributed by atoms with Crippen LogP contribution < -0.4 is 10.1 Å². The van der Waals surface area contributed by atoms with Gasteiger partial charge in [0.15, 0.2) is 17.3 Å². The van der Waals surface area contributed by atoms with E-state index < -0.39 is 0 Å². The van der Waals surface area contributed by atoms with Crippen LogP contribution in [0.2, 0.25) is 0 Å². The van der Waals surface area contributed by atoms with Gasteiger partial charge in [-0.25, -0.2) is 9.97 Å². The summed E-state index contributed by atoms with van der Waals surface area (Å²) in [7, 11) is 0. The van der Waals surface area contributed by atoms with Crippen LogP contribution in [0.1, 0.15) is 20.3 Å². The van der Waals surface area contributed by atoms with Crippen molar-refractivity contribution in [3.63, 3.8) is 0 Å². The van der Waals surface area contributed by atoms with Gasteiger partial charge in [0.05, 0.1) is 6.61 Å². The largest absolute Gasteiger partial charge is 0.504 e. The fourth-order valence-electron chi connectivity index (χ4n) is 1.77. The molecule has 0 unspecified atom stereocenters. The Kier molecular flexibility index (Phi) is 4.76. The first-order valence-electron chi connectivity index (χ1n) is 6.77. The van der Waals surface area contributed by atoms with Gasteiger partial charge in [-0.1, -0.05) is 6.92 Å². The minimum Gasteiger partial charge on any atom is -0.504 e. The summed E-state index contributed by atoms with van der Waals surface area (Å²) in [4.78, 5) is 8.71. The van der Waals surface area contributed by atoms with Crippen molar-refractivity contribution < 1.29 is 9.84 Å². The number of benzene rings is 1. The lowest BCUT2D eigenvalue weighted by Crippen LogP contribution is -2.03. The summed E-state index contributed by atoms with van der Waals surface area (Å²) in [6.07, 6.45) is 2.75. The summed E-state index contributed by atoms with van der Waals surface area (Å²) in [5.74, 6) is 1.96. The third-order valence-electron chi connectivity index (χ3n) is 2.73. The molecule has 5 nitrogen and oxygen atoms in total. The van der Waals surface area contributed by atoms with E-state index in [1.807, 2.05) is 13.0 Å². The average molecular weight is 273 g/mol. The lowest BCUT2D eigenvalue weighted by atomic mass is 10.2. The number of ether oxygens (including phenoxy) is 1. The van der Waals surface area contributed by atoms with Gasteiger partial charge in [-0.15, -0.1) is 0 Å². The number of aromatic nitrogens is 2. The third-order valence-corrected chi connectivity index (χ3v) is 2.73. The summed E-state index contributed by atoms with van der Waals surface area (Å²) < 4.78 is 5.37. The number of phenols is 1. The fraction of sp³-hybridized carbons (Fsp3) is 0.333. The number of nitrogens with zero attached hydrogens (tertiary/aromatic N) is 2. The van der Waals surface area contributed by atoms with Crippen LogP contribution in [-0.2, 0) is 0 Å². The Morgan fingerprint density at radius 1 is 1.25 bits per heavy atom. The first-order chi connectivity index (χ1) is 9.74. The normalized spacial score (nSPS) is 10.3. The molecule has 0 aliphatic rings. The molecule has 20 heavy (non-hydrogen) atoms. The molecule has 5 heteroatoms. The van der Waals surface area contributed by atoms with Crippen LogP contribution in [0.25, 0.3) is 11.4 Å². The van der Waals surface area contributed by atoms with Crippen molar-refractivity contribution in [2.75, 3.05) is 18.5 Å². The molecule has 0 saturated carbocycles. The van der Waals surface area contributed by atoms with Crippen molar-refractivity contribution in [2.45, 2.75) is 20.3 Å². The van der Waals surface area contributed by atoms with E-state index in [0.717, 1.165) is 24.3 Å². The predicted octanol–water partition coefficient (Wildman–Crippen LogP) is 3.07. The predicted molar refractivity (Wildman–Crippen MR) is 79.1 cm³/mol. The zero-order valence-corrected chi connectivity index (χ0v) is 11.8. The molecular weight excluding hydrogens is 254 g/mol. The number of nitrogens with one attached hydrogen (secondary N) is 1. The molecule has 1 aromatic heterocycles. The number of rotatable bonds is 6. The minimum absolute atomic E-state index is 0.121. The quantitative estimate of drug-likeness (QED) is 0.846. The highest BCUT2D eigenvalue weighted by molar-refractivity contribution is 5.62. The second kappa shape index (κ2) is 6.75. The van der Waals surface area contributed by atoms with Gasteiger partial charge in [-0.05, 0) is 37.6 Å². The van der Waals surface area contributed by atoms with Crippen LogP contribution in [0.4, 0.5) is 5.82 Å². The molecule has 0 amide bonds. The zero-order chi connectivity index (χ0) is 14.4. The topological polar surface area (TPSA) is 67.3 Å². The van der Waals surface area contributed by atoms with Gasteiger partial charge in [0.25, 0.3) is 0 Å². The highest BCUT2D eigenvalue weighted by Gasteiger charge is 2.08. The molecular formula is C15H19N3O2. The Hall–Kier alpha value is -2.30. The van der Waals surface area contributed by atoms with E-state index in [4.69, 9.17) is 4.74 Å². The molecule has 0 aliphatic heterocycles. The second-order valence-corrected chi connectivity index (χ2v) is 4.31. The number of hydrogen-bond donors (Lipinski definition) is 2. The van der Waals surface area contributed by atoms with Gasteiger partial charge in [-0.3, -0.25) is 0 Å². The lowest BCUT2D eigenvalue weighted by molar-refractivity contribution is 0.318. The van der Waals surface area contributed by atoms with Crippen molar-refractivity contribution >= 4 is 5.82 Å². The number of hydrogen-bond acceptors (Lipinski definition) is 5. The molecule has 0 bridgehead atoms. The Morgan fingerprint density at radius 3 is 2.85 bits per heavy atom. The minimum atomic E-state index is 0.121. The summed E-state index contributed by atoms with van der Waals surface area (Å²) in [5.41, 5.74) is 0.811. The van der Waals surface area contributed by atoms with Crippen molar-refractivity contribution in [3.8, 4) is 22.9 Å². The maximum absolute atomic E-state index is 9.71. The maximum Gasteiger partial charge on any atom is 0.161 e. The van der Waals surface area contributed by atoms with E-state index >= 15 is 0 Å². The zero-order valence-electron chi connectivity index (χ0n) is 11.8. The summed E-state index contributed by atoms with van der Waals surface area (Å²) in [6, 6.07) is 6.95. The van der Waals surface area contributed by atoms with E-state index in [1.54, 1.807) is 24.4 Å². The molecule has 1 heterocycles. The molecule has 2 rings (SSSR count). The van der Waals surface area contributed by atoms with Crippen LogP contribution in [0.15, 0.2) is 30.5 Å². The molecule has 106 valence electrons. The van der Waals surface area contributed by atoms with E-state index in [1.165, 1.54) is 0 Å². The standard InChI is InChI=1S/C15H19N3O2/c1-3-8-16-14-7-9-17-15(18-14)11-5-6-12(19)13(10-11)20-4-2/h5-7,9-10,19H,3-4,8H2,1-2H3,(H,16,17,18). The molecule has 0 atom stereocenters. The Morgan fingerprint density at radius 2 is 2.10 bits per heavy atom. The molecule has 0 fully saturated rings. The van der Waals surface area contributed by atoms with Crippen molar-refractivity contribution in [1.82, 2.24) is 9.97 Å². The van der Waals surface area contributed by atoms with Crippen LogP contribution in [0.3, 0.4) is 0 Å². The number of phenolic OH excluding ortho intramolecular Hbond substituents is 1. The van der Waals surface area contributed by atoms with Gasteiger partial charge < -0.3 is 15.2 Å². The number of aromatic hydroxyl groups is 1.